The highest BCUT2D eigenvalue weighted by atomic mass is 16.5. The maximum Gasteiger partial charge on any atom is 0.262 e. The van der Waals surface area contributed by atoms with Gasteiger partial charge in [0.25, 0.3) is 5.91 Å². The lowest BCUT2D eigenvalue weighted by Crippen LogP contribution is -2.33. The zero-order valence-corrected chi connectivity index (χ0v) is 16.4. The molecule has 0 unspecified atom stereocenters. The molecule has 1 saturated heterocycles. The highest BCUT2D eigenvalue weighted by molar-refractivity contribution is 5.96. The summed E-state index contributed by atoms with van der Waals surface area (Å²) in [4.78, 5) is 14.8. The Morgan fingerprint density at radius 2 is 1.89 bits per heavy atom. The highest BCUT2D eigenvalue weighted by Crippen LogP contribution is 2.31. The van der Waals surface area contributed by atoms with Crippen LogP contribution in [0.3, 0.4) is 0 Å². The standard InChI is InChI=1S/C22H29N3O2/c1-15-8-10-25(11-9-15)21-7-5-18(23)13-20(21)24-22(26)14-27-19-6-4-16(2)17(3)12-19/h4-7,12-13,15H,8-11,14,23H2,1-3H3,(H,24,26). The van der Waals surface area contributed by atoms with Gasteiger partial charge in [-0.3, -0.25) is 4.79 Å². The van der Waals surface area contributed by atoms with E-state index in [-0.39, 0.29) is 12.5 Å². The van der Waals surface area contributed by atoms with Crippen LogP contribution in [-0.2, 0) is 4.79 Å². The number of nitrogens with one attached hydrogen (secondary N) is 1. The minimum atomic E-state index is -0.189. The van der Waals surface area contributed by atoms with Crippen LogP contribution >= 0.6 is 0 Å². The highest BCUT2D eigenvalue weighted by Gasteiger charge is 2.19. The van der Waals surface area contributed by atoms with Crippen LogP contribution in [0.5, 0.6) is 5.75 Å². The molecule has 0 spiro atoms. The molecule has 1 aliphatic rings. The van der Waals surface area contributed by atoms with E-state index < -0.39 is 0 Å². The molecule has 0 aliphatic carbocycles. The molecule has 2 aromatic rings. The molecule has 5 heteroatoms. The van der Waals surface area contributed by atoms with E-state index in [2.05, 4.69) is 24.1 Å². The summed E-state index contributed by atoms with van der Waals surface area (Å²) in [6, 6.07) is 11.5. The van der Waals surface area contributed by atoms with Crippen molar-refractivity contribution in [3.8, 4) is 5.75 Å². The maximum absolute atomic E-state index is 12.4. The van der Waals surface area contributed by atoms with E-state index in [0.29, 0.717) is 11.4 Å². The SMILES string of the molecule is Cc1ccc(OCC(=O)Nc2cc(N)ccc2N2CCC(C)CC2)cc1C. The third kappa shape index (κ3) is 4.94. The number of benzene rings is 2. The Labute approximate surface area is 161 Å². The molecule has 27 heavy (non-hydrogen) atoms. The van der Waals surface area contributed by atoms with Crippen LogP contribution in [0.25, 0.3) is 0 Å². The van der Waals surface area contributed by atoms with Gasteiger partial charge in [-0.05, 0) is 74.1 Å². The lowest BCUT2D eigenvalue weighted by molar-refractivity contribution is -0.118. The van der Waals surface area contributed by atoms with Gasteiger partial charge in [0.1, 0.15) is 5.75 Å². The summed E-state index contributed by atoms with van der Waals surface area (Å²) >= 11 is 0. The zero-order chi connectivity index (χ0) is 19.4. The Morgan fingerprint density at radius 1 is 1.15 bits per heavy atom. The van der Waals surface area contributed by atoms with Crippen molar-refractivity contribution >= 4 is 23.0 Å². The number of nitrogens with two attached hydrogens (primary N) is 1. The average Bonchev–Trinajstić information content (AvgIpc) is 2.64. The van der Waals surface area contributed by atoms with E-state index in [1.165, 1.54) is 5.56 Å². The second kappa shape index (κ2) is 8.33. The fourth-order valence-corrected chi connectivity index (χ4v) is 3.32. The molecule has 0 saturated carbocycles. The van der Waals surface area contributed by atoms with Crippen LogP contribution in [0.1, 0.15) is 30.9 Å². The molecule has 2 aromatic carbocycles. The van der Waals surface area contributed by atoms with E-state index in [9.17, 15) is 4.79 Å². The van der Waals surface area contributed by atoms with Crippen molar-refractivity contribution in [2.75, 3.05) is 35.6 Å². The van der Waals surface area contributed by atoms with Crippen LogP contribution in [0.15, 0.2) is 36.4 Å². The fraction of sp³-hybridized carbons (Fsp3) is 0.409. The third-order valence-electron chi connectivity index (χ3n) is 5.27. The molecular formula is C22H29N3O2. The van der Waals surface area contributed by atoms with E-state index in [1.54, 1.807) is 0 Å². The van der Waals surface area contributed by atoms with Crippen molar-refractivity contribution in [2.45, 2.75) is 33.6 Å². The van der Waals surface area contributed by atoms with Crippen LogP contribution in [0.2, 0.25) is 0 Å². The number of hydrogen-bond donors (Lipinski definition) is 2. The van der Waals surface area contributed by atoms with Gasteiger partial charge in [0, 0.05) is 18.8 Å². The van der Waals surface area contributed by atoms with Gasteiger partial charge in [0.15, 0.2) is 6.61 Å². The van der Waals surface area contributed by atoms with E-state index >= 15 is 0 Å². The molecule has 0 atom stereocenters. The van der Waals surface area contributed by atoms with Crippen molar-refractivity contribution in [1.82, 2.24) is 0 Å². The lowest BCUT2D eigenvalue weighted by Gasteiger charge is -2.33. The van der Waals surface area contributed by atoms with Crippen molar-refractivity contribution in [3.05, 3.63) is 47.5 Å². The molecule has 3 rings (SSSR count). The number of aryl methyl sites for hydroxylation is 2. The predicted molar refractivity (Wildman–Crippen MR) is 112 cm³/mol. The van der Waals surface area contributed by atoms with Gasteiger partial charge in [-0.25, -0.2) is 0 Å². The summed E-state index contributed by atoms with van der Waals surface area (Å²) in [5, 5.41) is 2.97. The minimum absolute atomic E-state index is 0.0340. The summed E-state index contributed by atoms with van der Waals surface area (Å²) in [5.74, 6) is 1.26. The summed E-state index contributed by atoms with van der Waals surface area (Å²) in [6.07, 6.45) is 2.32. The van der Waals surface area contributed by atoms with Crippen LogP contribution < -0.4 is 20.7 Å². The van der Waals surface area contributed by atoms with Crippen molar-refractivity contribution in [3.63, 3.8) is 0 Å². The second-order valence-electron chi connectivity index (χ2n) is 7.53. The monoisotopic (exact) mass is 367 g/mol. The molecule has 1 amide bonds. The number of anilines is 3. The second-order valence-corrected chi connectivity index (χ2v) is 7.53. The van der Waals surface area contributed by atoms with Gasteiger partial charge in [0.05, 0.1) is 11.4 Å². The number of hydrogen-bond acceptors (Lipinski definition) is 4. The number of nitrogens with zero attached hydrogens (tertiary/aromatic N) is 1. The Morgan fingerprint density at radius 3 is 2.59 bits per heavy atom. The third-order valence-corrected chi connectivity index (χ3v) is 5.27. The Hall–Kier alpha value is -2.69. The van der Waals surface area contributed by atoms with Crippen LogP contribution in [0, 0.1) is 19.8 Å². The largest absolute Gasteiger partial charge is 0.484 e. The topological polar surface area (TPSA) is 67.6 Å². The summed E-state index contributed by atoms with van der Waals surface area (Å²) in [6.45, 7) is 8.32. The molecule has 1 heterocycles. The zero-order valence-electron chi connectivity index (χ0n) is 16.4. The molecule has 0 aromatic heterocycles. The smallest absolute Gasteiger partial charge is 0.262 e. The summed E-state index contributed by atoms with van der Waals surface area (Å²) in [7, 11) is 0. The van der Waals surface area contributed by atoms with Gasteiger partial charge in [-0.1, -0.05) is 13.0 Å². The van der Waals surface area contributed by atoms with Crippen molar-refractivity contribution < 1.29 is 9.53 Å². The maximum atomic E-state index is 12.4. The number of ether oxygens (including phenoxy) is 1. The molecule has 0 bridgehead atoms. The van der Waals surface area contributed by atoms with Crippen LogP contribution in [-0.4, -0.2) is 25.6 Å². The molecule has 0 radical (unpaired) electrons. The number of piperidine rings is 1. The molecule has 144 valence electrons. The van der Waals surface area contributed by atoms with E-state index in [4.69, 9.17) is 10.5 Å². The molecule has 1 aliphatic heterocycles. The van der Waals surface area contributed by atoms with E-state index in [0.717, 1.165) is 48.8 Å². The predicted octanol–water partition coefficient (Wildman–Crippen LogP) is 4.14. The molecular weight excluding hydrogens is 338 g/mol. The number of rotatable bonds is 5. The number of carbonyl (C=O) groups is 1. The Bertz CT molecular complexity index is 811. The van der Waals surface area contributed by atoms with Gasteiger partial charge < -0.3 is 20.7 Å². The first kappa shape index (κ1) is 19.1. The Kier molecular flexibility index (Phi) is 5.89. The number of carbonyl (C=O) groups excluding carboxylic acids is 1. The Balaban J connectivity index is 1.66. The normalized spacial score (nSPS) is 14.9. The number of amides is 1. The van der Waals surface area contributed by atoms with Crippen molar-refractivity contribution in [2.24, 2.45) is 5.92 Å². The van der Waals surface area contributed by atoms with E-state index in [1.807, 2.05) is 43.3 Å². The molecule has 5 nitrogen and oxygen atoms in total. The average molecular weight is 367 g/mol. The first-order chi connectivity index (χ1) is 12.9. The first-order valence-corrected chi connectivity index (χ1v) is 9.57. The molecule has 3 N–H and O–H groups in total. The number of nitrogen functional groups attached to an aromatic ring is 1. The quantitative estimate of drug-likeness (QED) is 0.780. The fourth-order valence-electron chi connectivity index (χ4n) is 3.32. The van der Waals surface area contributed by atoms with Gasteiger partial charge in [-0.15, -0.1) is 0 Å². The summed E-state index contributed by atoms with van der Waals surface area (Å²) in [5.41, 5.74) is 10.7. The lowest BCUT2D eigenvalue weighted by atomic mass is 9.98. The first-order valence-electron chi connectivity index (χ1n) is 9.57. The van der Waals surface area contributed by atoms with Gasteiger partial charge in [-0.2, -0.15) is 0 Å². The van der Waals surface area contributed by atoms with Gasteiger partial charge in [0.2, 0.25) is 0 Å². The van der Waals surface area contributed by atoms with Crippen molar-refractivity contribution in [1.29, 1.82) is 0 Å². The van der Waals surface area contributed by atoms with Gasteiger partial charge >= 0.3 is 0 Å². The minimum Gasteiger partial charge on any atom is -0.484 e. The molecule has 1 fully saturated rings. The summed E-state index contributed by atoms with van der Waals surface area (Å²) < 4.78 is 5.65. The van der Waals surface area contributed by atoms with Crippen LogP contribution in [0.4, 0.5) is 17.1 Å².